The molecule has 1 heterocycles. The van der Waals surface area contributed by atoms with Crippen molar-refractivity contribution in [3.63, 3.8) is 0 Å². The molecular formula is C30H42N4O7S. The Morgan fingerprint density at radius 1 is 1.17 bits per heavy atom. The number of aliphatic hydroxyl groups excluding tert-OH is 2. The van der Waals surface area contributed by atoms with Crippen molar-refractivity contribution in [1.82, 2.24) is 10.2 Å². The summed E-state index contributed by atoms with van der Waals surface area (Å²) >= 11 is 1.96. The zero-order valence-electron chi connectivity index (χ0n) is 24.6. The van der Waals surface area contributed by atoms with Gasteiger partial charge in [0.1, 0.15) is 17.4 Å². The van der Waals surface area contributed by atoms with Crippen molar-refractivity contribution >= 4 is 34.9 Å². The van der Waals surface area contributed by atoms with Gasteiger partial charge in [-0.25, -0.2) is 0 Å². The van der Waals surface area contributed by atoms with Crippen LogP contribution in [0.1, 0.15) is 40.7 Å². The van der Waals surface area contributed by atoms with E-state index < -0.39 is 58.7 Å². The van der Waals surface area contributed by atoms with Crippen LogP contribution < -0.4 is 16.0 Å². The van der Waals surface area contributed by atoms with Gasteiger partial charge in [-0.15, -0.1) is 0 Å². The molecule has 0 spiro atoms. The second kappa shape index (κ2) is 11.5. The minimum Gasteiger partial charge on any atom is -0.508 e. The molecule has 6 atom stereocenters. The SMILES string of the molecule is CN(C)c1cc(CNCC2CCSCC2)c(O)c2c1C[C@H]1C[C@H]3C(N(C)C)C(O)C(C(N)=O)C(=O)[C@@]3(O)C(O)=C1C2=O. The van der Waals surface area contributed by atoms with E-state index in [1.165, 1.54) is 0 Å². The molecule has 4 aliphatic rings. The van der Waals surface area contributed by atoms with Crippen molar-refractivity contribution in [2.45, 2.75) is 50.0 Å². The Morgan fingerprint density at radius 2 is 1.83 bits per heavy atom. The van der Waals surface area contributed by atoms with Gasteiger partial charge in [0.25, 0.3) is 0 Å². The number of nitrogens with one attached hydrogen (secondary N) is 1. The lowest BCUT2D eigenvalue weighted by Gasteiger charge is -2.53. The molecule has 2 fully saturated rings. The maximum Gasteiger partial charge on any atom is 0.230 e. The topological polar surface area (TPSA) is 177 Å². The molecule has 11 nitrogen and oxygen atoms in total. The fourth-order valence-electron chi connectivity index (χ4n) is 7.60. The van der Waals surface area contributed by atoms with Crippen LogP contribution in [0.3, 0.4) is 0 Å². The molecule has 12 heteroatoms. The molecule has 0 bridgehead atoms. The van der Waals surface area contributed by atoms with Crippen LogP contribution in [0, 0.1) is 23.7 Å². The number of anilines is 1. The molecule has 1 aromatic rings. The first-order chi connectivity index (χ1) is 19.8. The number of primary amides is 1. The standard InChI is InChI=1S/C30H42N4O7S/c1-33(2)19-11-16(13-32-12-14-5-7-42-8-6-14)24(35)21-17(19)9-15-10-18-23(34(3)4)26(37)22(29(31)40)28(39)30(18,41)27(38)20(15)25(21)36/h11,14-15,18,22-23,26,32,35,37-38,41H,5-10,12-13H2,1-4H3,(H2,31,40)/t15-,18-,22?,23?,26?,30-/m0/s1. The van der Waals surface area contributed by atoms with E-state index in [-0.39, 0.29) is 29.7 Å². The normalized spacial score (nSPS) is 31.5. The molecule has 1 aromatic carbocycles. The number of phenols is 1. The zero-order valence-corrected chi connectivity index (χ0v) is 25.4. The molecule has 230 valence electrons. The summed E-state index contributed by atoms with van der Waals surface area (Å²) in [4.78, 5) is 43.4. The van der Waals surface area contributed by atoms with Gasteiger partial charge in [0.15, 0.2) is 17.2 Å². The fourth-order valence-corrected chi connectivity index (χ4v) is 8.81. The number of Topliss-reactive ketones (excluding diaryl/α,β-unsaturated/α-hetero) is 2. The van der Waals surface area contributed by atoms with Gasteiger partial charge < -0.3 is 41.3 Å². The average Bonchev–Trinajstić information content (AvgIpc) is 2.92. The highest BCUT2D eigenvalue weighted by molar-refractivity contribution is 7.99. The first-order valence-corrected chi connectivity index (χ1v) is 15.7. The smallest absolute Gasteiger partial charge is 0.230 e. The van der Waals surface area contributed by atoms with Crippen molar-refractivity contribution in [3.05, 3.63) is 34.1 Å². The van der Waals surface area contributed by atoms with Crippen LogP contribution in [-0.2, 0) is 22.6 Å². The van der Waals surface area contributed by atoms with Gasteiger partial charge in [0.05, 0.1) is 11.7 Å². The Hall–Kier alpha value is -2.64. The van der Waals surface area contributed by atoms with Crippen molar-refractivity contribution in [2.75, 3.05) is 51.1 Å². The number of ketones is 2. The van der Waals surface area contributed by atoms with Crippen LogP contribution >= 0.6 is 11.8 Å². The number of carbonyl (C=O) groups is 3. The average molecular weight is 603 g/mol. The number of likely N-dealkylation sites (N-methyl/N-ethyl adjacent to an activating group) is 1. The molecule has 1 saturated heterocycles. The number of aromatic hydroxyl groups is 1. The molecule has 3 unspecified atom stereocenters. The van der Waals surface area contributed by atoms with E-state index in [1.807, 2.05) is 36.8 Å². The summed E-state index contributed by atoms with van der Waals surface area (Å²) in [5, 5.41) is 49.3. The number of allylic oxidation sites excluding steroid dienone is 1. The van der Waals surface area contributed by atoms with Gasteiger partial charge in [-0.2, -0.15) is 11.8 Å². The summed E-state index contributed by atoms with van der Waals surface area (Å²) in [6, 6.07) is 0.982. The number of phenolic OH excluding ortho intramolecular Hbond substituents is 1. The van der Waals surface area contributed by atoms with Gasteiger partial charge in [-0.1, -0.05) is 0 Å². The van der Waals surface area contributed by atoms with E-state index in [1.54, 1.807) is 19.0 Å². The molecule has 1 aliphatic heterocycles. The van der Waals surface area contributed by atoms with E-state index in [0.717, 1.165) is 36.6 Å². The first kappa shape index (κ1) is 30.8. The van der Waals surface area contributed by atoms with E-state index in [0.29, 0.717) is 23.6 Å². The minimum atomic E-state index is -2.59. The first-order valence-electron chi connectivity index (χ1n) is 14.5. The molecule has 3 aliphatic carbocycles. The van der Waals surface area contributed by atoms with Crippen LogP contribution in [0.5, 0.6) is 5.75 Å². The highest BCUT2D eigenvalue weighted by atomic mass is 32.2. The monoisotopic (exact) mass is 602 g/mol. The van der Waals surface area contributed by atoms with Crippen LogP contribution in [0.25, 0.3) is 0 Å². The number of amides is 1. The number of thioether (sulfide) groups is 1. The molecule has 0 radical (unpaired) electrons. The molecule has 42 heavy (non-hydrogen) atoms. The lowest BCUT2D eigenvalue weighted by Crippen LogP contribution is -2.71. The van der Waals surface area contributed by atoms with E-state index in [2.05, 4.69) is 5.32 Å². The second-order valence-electron chi connectivity index (χ2n) is 12.6. The summed E-state index contributed by atoms with van der Waals surface area (Å²) in [5.74, 6) is -4.44. The second-order valence-corrected chi connectivity index (χ2v) is 13.9. The van der Waals surface area contributed by atoms with Gasteiger partial charge in [0.2, 0.25) is 5.91 Å². The van der Waals surface area contributed by atoms with E-state index >= 15 is 0 Å². The molecule has 5 rings (SSSR count). The third kappa shape index (κ3) is 4.81. The number of rotatable bonds is 7. The predicted molar refractivity (Wildman–Crippen MR) is 160 cm³/mol. The van der Waals surface area contributed by atoms with Gasteiger partial charge >= 0.3 is 0 Å². The number of hydrogen-bond acceptors (Lipinski definition) is 11. The van der Waals surface area contributed by atoms with E-state index in [9.17, 15) is 34.8 Å². The summed E-state index contributed by atoms with van der Waals surface area (Å²) < 4.78 is 0. The van der Waals surface area contributed by atoms with Gasteiger partial charge in [-0.05, 0) is 81.3 Å². The third-order valence-electron chi connectivity index (χ3n) is 9.72. The zero-order chi connectivity index (χ0) is 30.7. The summed E-state index contributed by atoms with van der Waals surface area (Å²) in [7, 11) is 7.01. The minimum absolute atomic E-state index is 0.0471. The number of carbonyl (C=O) groups excluding carboxylic acids is 3. The summed E-state index contributed by atoms with van der Waals surface area (Å²) in [5.41, 5.74) is 4.71. The fraction of sp³-hybridized carbons (Fsp3) is 0.633. The van der Waals surface area contributed by atoms with Crippen molar-refractivity contribution in [3.8, 4) is 5.75 Å². The maximum atomic E-state index is 14.2. The Kier molecular flexibility index (Phi) is 8.40. The third-order valence-corrected chi connectivity index (χ3v) is 10.8. The van der Waals surface area contributed by atoms with Crippen molar-refractivity contribution in [1.29, 1.82) is 0 Å². The molecule has 1 saturated carbocycles. The molecule has 1 amide bonds. The van der Waals surface area contributed by atoms with Crippen LogP contribution in [-0.4, -0.2) is 107 Å². The van der Waals surface area contributed by atoms with Crippen LogP contribution in [0.15, 0.2) is 17.4 Å². The number of benzene rings is 1. The Labute approximate surface area is 250 Å². The number of aliphatic hydroxyl groups is 3. The lowest BCUT2D eigenvalue weighted by atomic mass is 9.56. The number of hydrogen-bond donors (Lipinski definition) is 6. The van der Waals surface area contributed by atoms with Crippen molar-refractivity contribution < 1.29 is 34.8 Å². The molecular weight excluding hydrogens is 560 g/mol. The Morgan fingerprint density at radius 3 is 2.43 bits per heavy atom. The Bertz CT molecular complexity index is 1320. The summed E-state index contributed by atoms with van der Waals surface area (Å²) in [6.07, 6.45) is 1.13. The highest BCUT2D eigenvalue weighted by Gasteiger charge is 2.66. The van der Waals surface area contributed by atoms with Gasteiger partial charge in [-0.3, -0.25) is 14.4 Å². The Balaban J connectivity index is 1.57. The highest BCUT2D eigenvalue weighted by Crippen LogP contribution is 2.53. The summed E-state index contributed by atoms with van der Waals surface area (Å²) in [6.45, 7) is 1.14. The number of nitrogens with two attached hydrogens (primary N) is 1. The quantitative estimate of drug-likeness (QED) is 0.241. The molecule has 7 N–H and O–H groups in total. The predicted octanol–water partition coefficient (Wildman–Crippen LogP) is 0.584. The maximum absolute atomic E-state index is 14.2. The molecule has 0 aromatic heterocycles. The number of nitrogens with zero attached hydrogens (tertiary/aromatic N) is 2. The lowest BCUT2D eigenvalue weighted by molar-refractivity contribution is -0.178. The van der Waals surface area contributed by atoms with Crippen LogP contribution in [0.4, 0.5) is 5.69 Å². The van der Waals surface area contributed by atoms with Crippen molar-refractivity contribution in [2.24, 2.45) is 29.4 Å². The van der Waals surface area contributed by atoms with Crippen LogP contribution in [0.2, 0.25) is 0 Å². The number of fused-ring (bicyclic) bond motifs is 3. The largest absolute Gasteiger partial charge is 0.508 e. The van der Waals surface area contributed by atoms with Gasteiger partial charge in [0, 0.05) is 49.4 Å². The van der Waals surface area contributed by atoms with E-state index in [4.69, 9.17) is 5.73 Å².